The molecular weight excluding hydrogens is 530 g/mol. The van der Waals surface area contributed by atoms with Gasteiger partial charge in [0.05, 0.1) is 26.2 Å². The number of carbonyl (C=O) groups excluding carboxylic acids is 2. The van der Waals surface area contributed by atoms with Crippen LogP contribution in [0.4, 0.5) is 5.69 Å². The SMILES string of the molecule is COc1ccc(OC)c(N(CC(=O)N(Cc2ccc(Cl)cc2)C(C)C(=O)NC2CCCCC2)S(C)(=O)=O)c1. The van der Waals surface area contributed by atoms with Crippen molar-refractivity contribution in [1.82, 2.24) is 10.2 Å². The lowest BCUT2D eigenvalue weighted by molar-refractivity contribution is -0.139. The summed E-state index contributed by atoms with van der Waals surface area (Å²) in [5.74, 6) is -0.151. The lowest BCUT2D eigenvalue weighted by Gasteiger charge is -2.33. The van der Waals surface area contributed by atoms with E-state index >= 15 is 0 Å². The number of rotatable bonds is 11. The molecule has 1 aliphatic rings. The first-order valence-corrected chi connectivity index (χ1v) is 14.8. The lowest BCUT2D eigenvalue weighted by Crippen LogP contribution is -2.53. The minimum Gasteiger partial charge on any atom is -0.497 e. The molecule has 3 rings (SSSR count). The average molecular weight is 566 g/mol. The molecule has 38 heavy (non-hydrogen) atoms. The summed E-state index contributed by atoms with van der Waals surface area (Å²) in [6, 6.07) is 10.9. The highest BCUT2D eigenvalue weighted by Gasteiger charge is 2.32. The van der Waals surface area contributed by atoms with Crippen molar-refractivity contribution >= 4 is 39.1 Å². The second kappa shape index (κ2) is 13.2. The molecule has 208 valence electrons. The number of ether oxygens (including phenoxy) is 2. The molecule has 2 amide bonds. The van der Waals surface area contributed by atoms with Crippen LogP contribution in [0.5, 0.6) is 11.5 Å². The molecule has 1 fully saturated rings. The van der Waals surface area contributed by atoms with E-state index in [0.717, 1.165) is 48.2 Å². The number of halogens is 1. The zero-order valence-electron chi connectivity index (χ0n) is 22.3. The van der Waals surface area contributed by atoms with Crippen molar-refractivity contribution in [2.24, 2.45) is 0 Å². The number of benzene rings is 2. The highest BCUT2D eigenvalue weighted by Crippen LogP contribution is 2.34. The van der Waals surface area contributed by atoms with Crippen LogP contribution in [-0.2, 0) is 26.2 Å². The maximum Gasteiger partial charge on any atom is 0.244 e. The molecule has 2 aromatic carbocycles. The molecule has 1 N–H and O–H groups in total. The van der Waals surface area contributed by atoms with E-state index in [9.17, 15) is 18.0 Å². The number of nitrogens with one attached hydrogen (secondary N) is 1. The normalized spacial score (nSPS) is 14.9. The molecule has 0 aliphatic heterocycles. The predicted octanol–water partition coefficient (Wildman–Crippen LogP) is 3.99. The number of nitrogens with zero attached hydrogens (tertiary/aromatic N) is 2. The number of hydrogen-bond donors (Lipinski definition) is 1. The van der Waals surface area contributed by atoms with Crippen molar-refractivity contribution in [3.8, 4) is 11.5 Å². The molecule has 0 bridgehead atoms. The minimum atomic E-state index is -3.92. The molecule has 0 spiro atoms. The van der Waals surface area contributed by atoms with Crippen LogP contribution in [0, 0.1) is 0 Å². The van der Waals surface area contributed by atoms with Gasteiger partial charge in [-0.2, -0.15) is 0 Å². The van der Waals surface area contributed by atoms with Gasteiger partial charge in [0.1, 0.15) is 24.1 Å². The maximum atomic E-state index is 13.8. The Bertz CT molecular complexity index is 1220. The van der Waals surface area contributed by atoms with Crippen LogP contribution < -0.4 is 19.1 Å². The van der Waals surface area contributed by atoms with E-state index in [0.29, 0.717) is 10.8 Å². The van der Waals surface area contributed by atoms with Crippen LogP contribution in [0.15, 0.2) is 42.5 Å². The van der Waals surface area contributed by atoms with E-state index in [1.54, 1.807) is 43.3 Å². The molecule has 1 saturated carbocycles. The minimum absolute atomic E-state index is 0.0692. The molecule has 2 aromatic rings. The summed E-state index contributed by atoms with van der Waals surface area (Å²) in [7, 11) is -1.04. The van der Waals surface area contributed by atoms with E-state index in [-0.39, 0.29) is 29.9 Å². The number of amides is 2. The van der Waals surface area contributed by atoms with E-state index < -0.39 is 28.5 Å². The Morgan fingerprint density at radius 1 is 1.05 bits per heavy atom. The van der Waals surface area contributed by atoms with Crippen LogP contribution in [0.2, 0.25) is 5.02 Å². The summed E-state index contributed by atoms with van der Waals surface area (Å²) in [6.07, 6.45) is 6.08. The zero-order chi connectivity index (χ0) is 27.9. The quantitative estimate of drug-likeness (QED) is 0.442. The predicted molar refractivity (Wildman–Crippen MR) is 148 cm³/mol. The van der Waals surface area contributed by atoms with Gasteiger partial charge in [-0.3, -0.25) is 13.9 Å². The zero-order valence-corrected chi connectivity index (χ0v) is 23.8. The first-order chi connectivity index (χ1) is 18.0. The molecule has 0 aromatic heterocycles. The van der Waals surface area contributed by atoms with Crippen molar-refractivity contribution in [2.75, 3.05) is 31.3 Å². The number of methoxy groups -OCH3 is 2. The Kier molecular flexibility index (Phi) is 10.3. The van der Waals surface area contributed by atoms with Gasteiger partial charge in [0.2, 0.25) is 21.8 Å². The monoisotopic (exact) mass is 565 g/mol. The highest BCUT2D eigenvalue weighted by atomic mass is 35.5. The Morgan fingerprint density at radius 2 is 1.71 bits per heavy atom. The maximum absolute atomic E-state index is 13.8. The smallest absolute Gasteiger partial charge is 0.244 e. The summed E-state index contributed by atoms with van der Waals surface area (Å²) in [4.78, 5) is 28.4. The topological polar surface area (TPSA) is 105 Å². The Balaban J connectivity index is 1.93. The van der Waals surface area contributed by atoms with Crippen LogP contribution in [0.25, 0.3) is 0 Å². The summed E-state index contributed by atoms with van der Waals surface area (Å²) in [5.41, 5.74) is 0.915. The molecule has 1 aliphatic carbocycles. The summed E-state index contributed by atoms with van der Waals surface area (Å²) >= 11 is 6.03. The van der Waals surface area contributed by atoms with Gasteiger partial charge >= 0.3 is 0 Å². The highest BCUT2D eigenvalue weighted by molar-refractivity contribution is 7.92. The molecule has 11 heteroatoms. The molecular formula is C27H36ClN3O6S. The van der Waals surface area contributed by atoms with Crippen molar-refractivity contribution in [3.05, 3.63) is 53.1 Å². The fraction of sp³-hybridized carbons (Fsp3) is 0.481. The molecule has 0 radical (unpaired) electrons. The summed E-state index contributed by atoms with van der Waals surface area (Å²) in [5, 5.41) is 3.62. The third-order valence-electron chi connectivity index (χ3n) is 6.72. The van der Waals surface area contributed by atoms with Crippen LogP contribution in [-0.4, -0.2) is 64.2 Å². The molecule has 1 atom stereocenters. The second-order valence-electron chi connectivity index (χ2n) is 9.48. The van der Waals surface area contributed by atoms with Gasteiger partial charge in [-0.1, -0.05) is 43.0 Å². The van der Waals surface area contributed by atoms with Gasteiger partial charge in [-0.15, -0.1) is 0 Å². The largest absolute Gasteiger partial charge is 0.497 e. The molecule has 9 nitrogen and oxygen atoms in total. The molecule has 0 heterocycles. The Hall–Kier alpha value is -2.98. The Morgan fingerprint density at radius 3 is 2.29 bits per heavy atom. The van der Waals surface area contributed by atoms with Gasteiger partial charge in [0, 0.05) is 23.7 Å². The van der Waals surface area contributed by atoms with E-state index in [1.807, 2.05) is 0 Å². The third kappa shape index (κ3) is 7.77. The fourth-order valence-electron chi connectivity index (χ4n) is 4.52. The number of sulfonamides is 1. The standard InChI is InChI=1S/C27H36ClN3O6S/c1-19(27(33)29-22-8-6-5-7-9-22)30(17-20-10-12-21(28)13-11-20)26(32)18-31(38(4,34)35)24-16-23(36-2)14-15-25(24)37-3/h10-16,19,22H,5-9,17-18H2,1-4H3,(H,29,33). The van der Waals surface area contributed by atoms with Crippen molar-refractivity contribution in [1.29, 1.82) is 0 Å². The van der Waals surface area contributed by atoms with Crippen molar-refractivity contribution in [3.63, 3.8) is 0 Å². The Labute approximate surface area is 230 Å². The van der Waals surface area contributed by atoms with E-state index in [2.05, 4.69) is 5.32 Å². The van der Waals surface area contributed by atoms with Crippen LogP contribution in [0.3, 0.4) is 0 Å². The number of carbonyl (C=O) groups is 2. The first kappa shape index (κ1) is 29.6. The van der Waals surface area contributed by atoms with Crippen LogP contribution >= 0.6 is 11.6 Å². The van der Waals surface area contributed by atoms with Gasteiger partial charge in [-0.05, 0) is 49.6 Å². The van der Waals surface area contributed by atoms with E-state index in [1.165, 1.54) is 25.2 Å². The van der Waals surface area contributed by atoms with Crippen molar-refractivity contribution in [2.45, 2.75) is 57.7 Å². The molecule has 1 unspecified atom stereocenters. The van der Waals surface area contributed by atoms with Gasteiger partial charge in [-0.25, -0.2) is 8.42 Å². The van der Waals surface area contributed by atoms with Gasteiger partial charge < -0.3 is 19.7 Å². The van der Waals surface area contributed by atoms with Gasteiger partial charge in [0.25, 0.3) is 0 Å². The van der Waals surface area contributed by atoms with Gasteiger partial charge in [0.15, 0.2) is 0 Å². The second-order valence-corrected chi connectivity index (χ2v) is 11.8. The van der Waals surface area contributed by atoms with Crippen LogP contribution in [0.1, 0.15) is 44.6 Å². The first-order valence-electron chi connectivity index (χ1n) is 12.6. The summed E-state index contributed by atoms with van der Waals surface area (Å²) < 4.78 is 37.4. The lowest BCUT2D eigenvalue weighted by atomic mass is 9.95. The third-order valence-corrected chi connectivity index (χ3v) is 8.10. The number of hydrogen-bond acceptors (Lipinski definition) is 6. The van der Waals surface area contributed by atoms with Crippen molar-refractivity contribution < 1.29 is 27.5 Å². The number of anilines is 1. The summed E-state index contributed by atoms with van der Waals surface area (Å²) in [6.45, 7) is 1.22. The fourth-order valence-corrected chi connectivity index (χ4v) is 5.50. The average Bonchev–Trinajstić information content (AvgIpc) is 2.90. The van der Waals surface area contributed by atoms with E-state index in [4.69, 9.17) is 21.1 Å². The molecule has 0 saturated heterocycles.